The number of carbonyl (C=O) groups is 1. The van der Waals surface area contributed by atoms with E-state index in [1.54, 1.807) is 12.1 Å². The Morgan fingerprint density at radius 1 is 1.56 bits per heavy atom. The lowest BCUT2D eigenvalue weighted by Gasteiger charge is -2.32. The second-order valence-electron chi connectivity index (χ2n) is 5.61. The van der Waals surface area contributed by atoms with Gasteiger partial charge in [0.05, 0.1) is 12.6 Å². The number of nitrogens with one attached hydrogen (secondary N) is 2. The summed E-state index contributed by atoms with van der Waals surface area (Å²) in [6.45, 7) is 0.564. The average Bonchev–Trinajstić information content (AvgIpc) is 3.22. The van der Waals surface area contributed by atoms with Crippen molar-refractivity contribution in [2.45, 2.75) is 24.7 Å². The van der Waals surface area contributed by atoms with E-state index in [2.05, 4.69) is 15.7 Å². The number of fused-ring (bicyclic) bond motifs is 1. The van der Waals surface area contributed by atoms with Crippen molar-refractivity contribution in [1.29, 1.82) is 0 Å². The van der Waals surface area contributed by atoms with Crippen molar-refractivity contribution in [1.82, 2.24) is 15.1 Å². The van der Waals surface area contributed by atoms with Gasteiger partial charge in [-0.1, -0.05) is 6.07 Å². The first-order valence-corrected chi connectivity index (χ1v) is 8.51. The molecule has 3 rings (SSSR count). The standard InChI is InChI=1S/C15H17F3N4O2S/c1-24-5-4-19-14(23)10-8-13-20-9(11-3-2-6-25-11)7-12(15(16,17)18)22(13)21-10/h2-3,6,8-9,12,20H,4-5,7H2,1H3,(H,19,23)/t9-,12+/m0/s1. The number of amides is 1. The molecule has 6 nitrogen and oxygen atoms in total. The Morgan fingerprint density at radius 2 is 2.36 bits per heavy atom. The van der Waals surface area contributed by atoms with Gasteiger partial charge >= 0.3 is 6.18 Å². The van der Waals surface area contributed by atoms with Crippen molar-refractivity contribution >= 4 is 23.1 Å². The molecule has 0 aromatic carbocycles. The molecule has 0 radical (unpaired) electrons. The van der Waals surface area contributed by atoms with Crippen molar-refractivity contribution in [2.75, 3.05) is 25.6 Å². The zero-order valence-electron chi connectivity index (χ0n) is 13.3. The summed E-state index contributed by atoms with van der Waals surface area (Å²) in [6, 6.07) is 2.68. The fourth-order valence-electron chi connectivity index (χ4n) is 2.72. The van der Waals surface area contributed by atoms with Gasteiger partial charge in [0.1, 0.15) is 5.82 Å². The molecule has 25 heavy (non-hydrogen) atoms. The number of hydrogen-bond acceptors (Lipinski definition) is 5. The first-order valence-electron chi connectivity index (χ1n) is 7.63. The first kappa shape index (κ1) is 17.7. The van der Waals surface area contributed by atoms with Crippen molar-refractivity contribution in [3.8, 4) is 0 Å². The zero-order valence-corrected chi connectivity index (χ0v) is 14.2. The lowest BCUT2D eigenvalue weighted by molar-refractivity contribution is -0.173. The molecule has 2 aromatic heterocycles. The molecule has 0 unspecified atom stereocenters. The largest absolute Gasteiger partial charge is 0.410 e. The van der Waals surface area contributed by atoms with E-state index in [0.717, 1.165) is 9.56 Å². The average molecular weight is 374 g/mol. The quantitative estimate of drug-likeness (QED) is 0.790. The van der Waals surface area contributed by atoms with Gasteiger partial charge in [0, 0.05) is 31.0 Å². The third-order valence-corrected chi connectivity index (χ3v) is 4.89. The fraction of sp³-hybridized carbons (Fsp3) is 0.467. The summed E-state index contributed by atoms with van der Waals surface area (Å²) in [5.74, 6) is -0.349. The van der Waals surface area contributed by atoms with Crippen LogP contribution in [0, 0.1) is 0 Å². The highest BCUT2D eigenvalue weighted by molar-refractivity contribution is 7.10. The fourth-order valence-corrected chi connectivity index (χ4v) is 3.51. The second-order valence-corrected chi connectivity index (χ2v) is 6.59. The van der Waals surface area contributed by atoms with Crippen LogP contribution in [0.25, 0.3) is 0 Å². The van der Waals surface area contributed by atoms with Crippen LogP contribution in [-0.2, 0) is 4.74 Å². The predicted molar refractivity (Wildman–Crippen MR) is 86.8 cm³/mol. The summed E-state index contributed by atoms with van der Waals surface area (Å²) in [5, 5.41) is 11.3. The summed E-state index contributed by atoms with van der Waals surface area (Å²) in [5.41, 5.74) is -0.0558. The topological polar surface area (TPSA) is 68.2 Å². The van der Waals surface area contributed by atoms with Gasteiger partial charge in [0.2, 0.25) is 0 Å². The van der Waals surface area contributed by atoms with E-state index in [1.165, 1.54) is 24.5 Å². The molecule has 2 atom stereocenters. The summed E-state index contributed by atoms with van der Waals surface area (Å²) < 4.78 is 46.2. The molecular formula is C15H17F3N4O2S. The van der Waals surface area contributed by atoms with Crippen molar-refractivity contribution in [3.63, 3.8) is 0 Å². The maximum absolute atomic E-state index is 13.5. The van der Waals surface area contributed by atoms with Crippen LogP contribution in [-0.4, -0.2) is 42.1 Å². The van der Waals surface area contributed by atoms with Gasteiger partial charge in [-0.15, -0.1) is 11.3 Å². The minimum atomic E-state index is -4.46. The number of ether oxygens (including phenoxy) is 1. The van der Waals surface area contributed by atoms with Crippen molar-refractivity contribution in [3.05, 3.63) is 34.2 Å². The Bertz CT molecular complexity index is 730. The maximum atomic E-state index is 13.5. The Morgan fingerprint density at radius 3 is 3.00 bits per heavy atom. The van der Waals surface area contributed by atoms with E-state index in [9.17, 15) is 18.0 Å². The van der Waals surface area contributed by atoms with Gasteiger partial charge in [0.15, 0.2) is 11.7 Å². The van der Waals surface area contributed by atoms with Gasteiger partial charge in [-0.2, -0.15) is 18.3 Å². The number of anilines is 1. The smallest absolute Gasteiger partial charge is 0.383 e. The molecule has 2 aromatic rings. The van der Waals surface area contributed by atoms with Crippen LogP contribution in [0.15, 0.2) is 23.6 Å². The Hall–Kier alpha value is -2.07. The van der Waals surface area contributed by atoms with E-state index in [0.29, 0.717) is 6.61 Å². The van der Waals surface area contributed by atoms with Crippen LogP contribution in [0.4, 0.5) is 19.0 Å². The van der Waals surface area contributed by atoms with E-state index < -0.39 is 24.2 Å². The number of rotatable bonds is 5. The predicted octanol–water partition coefficient (Wildman–Crippen LogP) is 2.98. The highest BCUT2D eigenvalue weighted by Crippen LogP contribution is 2.44. The Balaban J connectivity index is 1.87. The molecule has 0 bridgehead atoms. The number of halogens is 3. The van der Waals surface area contributed by atoms with E-state index in [1.807, 2.05) is 5.38 Å². The number of alkyl halides is 3. The normalized spacial score (nSPS) is 20.0. The molecule has 10 heteroatoms. The number of hydrogen-bond donors (Lipinski definition) is 2. The third kappa shape index (κ3) is 3.79. The summed E-state index contributed by atoms with van der Waals surface area (Å²) in [7, 11) is 1.49. The molecule has 0 saturated heterocycles. The summed E-state index contributed by atoms with van der Waals surface area (Å²) >= 11 is 1.39. The van der Waals surface area contributed by atoms with Gasteiger partial charge in [-0.05, 0) is 11.4 Å². The van der Waals surface area contributed by atoms with Crippen LogP contribution < -0.4 is 10.6 Å². The Labute approximate surface area is 146 Å². The molecule has 0 spiro atoms. The van der Waals surface area contributed by atoms with Crippen LogP contribution >= 0.6 is 11.3 Å². The molecule has 0 fully saturated rings. The SMILES string of the molecule is COCCNC(=O)c1cc2n(n1)[C@@H](C(F)(F)F)C[C@@H](c1cccs1)N2. The molecule has 1 aliphatic heterocycles. The Kier molecular flexibility index (Phi) is 5.00. The third-order valence-electron chi connectivity index (χ3n) is 3.90. The number of carbonyl (C=O) groups excluding carboxylic acids is 1. The minimum Gasteiger partial charge on any atom is -0.383 e. The monoisotopic (exact) mass is 374 g/mol. The van der Waals surface area contributed by atoms with Gasteiger partial charge in [0.25, 0.3) is 5.91 Å². The van der Waals surface area contributed by atoms with Crippen LogP contribution in [0.5, 0.6) is 0 Å². The minimum absolute atomic E-state index is 0.0558. The lowest BCUT2D eigenvalue weighted by atomic mass is 10.0. The number of aromatic nitrogens is 2. The van der Waals surface area contributed by atoms with Crippen LogP contribution in [0.3, 0.4) is 0 Å². The molecule has 1 amide bonds. The van der Waals surface area contributed by atoms with E-state index >= 15 is 0 Å². The maximum Gasteiger partial charge on any atom is 0.410 e. The molecule has 1 aliphatic rings. The molecule has 136 valence electrons. The number of methoxy groups -OCH3 is 1. The van der Waals surface area contributed by atoms with E-state index in [4.69, 9.17) is 4.74 Å². The van der Waals surface area contributed by atoms with Crippen LogP contribution in [0.2, 0.25) is 0 Å². The number of nitrogens with zero attached hydrogens (tertiary/aromatic N) is 2. The molecule has 0 saturated carbocycles. The van der Waals surface area contributed by atoms with E-state index in [-0.39, 0.29) is 24.5 Å². The highest BCUT2D eigenvalue weighted by Gasteiger charge is 2.47. The lowest BCUT2D eigenvalue weighted by Crippen LogP contribution is -2.35. The molecule has 2 N–H and O–H groups in total. The highest BCUT2D eigenvalue weighted by atomic mass is 32.1. The van der Waals surface area contributed by atoms with Crippen LogP contribution in [0.1, 0.15) is 33.9 Å². The second kappa shape index (κ2) is 7.04. The van der Waals surface area contributed by atoms with Crippen molar-refractivity contribution in [2.24, 2.45) is 0 Å². The zero-order chi connectivity index (χ0) is 18.0. The number of thiophene rings is 1. The molecule has 3 heterocycles. The van der Waals surface area contributed by atoms with Crippen molar-refractivity contribution < 1.29 is 22.7 Å². The molecular weight excluding hydrogens is 357 g/mol. The van der Waals surface area contributed by atoms with Gasteiger partial charge in [-0.3, -0.25) is 4.79 Å². The summed E-state index contributed by atoms with van der Waals surface area (Å²) in [4.78, 5) is 12.9. The van der Waals surface area contributed by atoms with Gasteiger partial charge < -0.3 is 15.4 Å². The molecule has 0 aliphatic carbocycles. The first-order chi connectivity index (χ1) is 11.9. The van der Waals surface area contributed by atoms with Gasteiger partial charge in [-0.25, -0.2) is 4.68 Å². The summed E-state index contributed by atoms with van der Waals surface area (Å²) in [6.07, 6.45) is -4.63.